The maximum Gasteiger partial charge on any atom is 0.115 e. The molecule has 92 valence electrons. The van der Waals surface area contributed by atoms with Crippen LogP contribution in [0.5, 0.6) is 0 Å². The molecular weight excluding hydrogens is 234 g/mol. The molecule has 3 nitrogen and oxygen atoms in total. The molecule has 1 N–H and O–H groups in total. The van der Waals surface area contributed by atoms with Gasteiger partial charge in [0.05, 0.1) is 11.4 Å². The summed E-state index contributed by atoms with van der Waals surface area (Å²) < 4.78 is 0. The van der Waals surface area contributed by atoms with Gasteiger partial charge in [0.2, 0.25) is 0 Å². The smallest absolute Gasteiger partial charge is 0.115 e. The quantitative estimate of drug-likeness (QED) is 0.698. The van der Waals surface area contributed by atoms with Crippen molar-refractivity contribution in [2.75, 3.05) is 11.6 Å². The van der Waals surface area contributed by atoms with E-state index in [-0.39, 0.29) is 0 Å². The fraction of sp³-hybridized carbons (Fsp3) is 0.0625. The van der Waals surface area contributed by atoms with E-state index in [2.05, 4.69) is 57.3 Å². The molecular formula is C16H13N3. The van der Waals surface area contributed by atoms with Crippen molar-refractivity contribution >= 4 is 28.5 Å². The van der Waals surface area contributed by atoms with Gasteiger partial charge in [-0.05, 0) is 18.2 Å². The Morgan fingerprint density at radius 1 is 0.947 bits per heavy atom. The first kappa shape index (κ1) is 10.4. The Labute approximate surface area is 111 Å². The first-order valence-electron chi connectivity index (χ1n) is 6.36. The zero-order valence-corrected chi connectivity index (χ0v) is 10.4. The summed E-state index contributed by atoms with van der Waals surface area (Å²) in [6.45, 7) is 0.666. The van der Waals surface area contributed by atoms with Crippen LogP contribution in [0.2, 0.25) is 0 Å². The molecule has 2 aromatic carbocycles. The van der Waals surface area contributed by atoms with Gasteiger partial charge < -0.3 is 9.88 Å². The van der Waals surface area contributed by atoms with Gasteiger partial charge in [0.15, 0.2) is 0 Å². The molecule has 0 saturated carbocycles. The summed E-state index contributed by atoms with van der Waals surface area (Å²) in [5, 5.41) is 1.24. The predicted molar refractivity (Wildman–Crippen MR) is 79.3 cm³/mol. The normalized spacial score (nSPS) is 13.8. The van der Waals surface area contributed by atoms with Gasteiger partial charge in [0, 0.05) is 22.8 Å². The lowest BCUT2D eigenvalue weighted by Gasteiger charge is -2.25. The Bertz CT molecular complexity index is 756. The van der Waals surface area contributed by atoms with Gasteiger partial charge in [0.1, 0.15) is 6.67 Å². The number of nitrogens with one attached hydrogen (secondary N) is 1. The molecule has 1 aliphatic rings. The number of para-hydroxylation sites is 2. The number of H-pyrrole nitrogens is 1. The second-order valence-electron chi connectivity index (χ2n) is 4.65. The van der Waals surface area contributed by atoms with E-state index in [1.165, 1.54) is 16.8 Å². The third-order valence-corrected chi connectivity index (χ3v) is 3.49. The van der Waals surface area contributed by atoms with Crippen molar-refractivity contribution in [2.24, 2.45) is 4.99 Å². The van der Waals surface area contributed by atoms with E-state index < -0.39 is 0 Å². The van der Waals surface area contributed by atoms with Crippen molar-refractivity contribution in [2.45, 2.75) is 0 Å². The van der Waals surface area contributed by atoms with Crippen LogP contribution in [0, 0.1) is 0 Å². The third-order valence-electron chi connectivity index (χ3n) is 3.49. The van der Waals surface area contributed by atoms with Gasteiger partial charge in [0.25, 0.3) is 0 Å². The first-order chi connectivity index (χ1) is 9.43. The summed E-state index contributed by atoms with van der Waals surface area (Å²) in [4.78, 5) is 10.1. The molecule has 0 radical (unpaired) electrons. The van der Waals surface area contributed by atoms with E-state index in [0.29, 0.717) is 6.67 Å². The lowest BCUT2D eigenvalue weighted by atomic mass is 10.1. The van der Waals surface area contributed by atoms with Crippen LogP contribution in [0.1, 0.15) is 5.69 Å². The van der Waals surface area contributed by atoms with E-state index >= 15 is 0 Å². The van der Waals surface area contributed by atoms with Crippen molar-refractivity contribution in [3.63, 3.8) is 0 Å². The van der Waals surface area contributed by atoms with Gasteiger partial charge in [-0.15, -0.1) is 0 Å². The molecule has 1 aliphatic heterocycles. The van der Waals surface area contributed by atoms with Gasteiger partial charge in [-0.2, -0.15) is 0 Å². The summed E-state index contributed by atoms with van der Waals surface area (Å²) in [6.07, 6.45) is 1.93. The van der Waals surface area contributed by atoms with E-state index in [0.717, 1.165) is 11.2 Å². The molecule has 2 heterocycles. The van der Waals surface area contributed by atoms with E-state index in [9.17, 15) is 0 Å². The maximum absolute atomic E-state index is 4.44. The van der Waals surface area contributed by atoms with Gasteiger partial charge in [-0.25, -0.2) is 0 Å². The minimum atomic E-state index is 0.666. The van der Waals surface area contributed by atoms with E-state index in [1.54, 1.807) is 0 Å². The Morgan fingerprint density at radius 2 is 1.74 bits per heavy atom. The first-order valence-corrected chi connectivity index (χ1v) is 6.36. The molecule has 3 heteroatoms. The van der Waals surface area contributed by atoms with E-state index in [4.69, 9.17) is 0 Å². The number of anilines is 2. The maximum atomic E-state index is 4.44. The van der Waals surface area contributed by atoms with Crippen LogP contribution in [0.25, 0.3) is 10.9 Å². The summed E-state index contributed by atoms with van der Waals surface area (Å²) in [6, 6.07) is 18.8. The second kappa shape index (κ2) is 3.99. The molecule has 0 amide bonds. The summed E-state index contributed by atoms with van der Waals surface area (Å²) in [5.41, 5.74) is 4.63. The van der Waals surface area contributed by atoms with Gasteiger partial charge in [-0.1, -0.05) is 36.4 Å². The molecule has 0 atom stereocenters. The number of aromatic amines is 1. The standard InChI is InChI=1S/C16H13N3/c1-2-6-12(7-3-1)19-11-17-10-15-16(19)13-8-4-5-9-14(13)18-15/h1-10,18H,11H2. The summed E-state index contributed by atoms with van der Waals surface area (Å²) in [7, 11) is 0. The van der Waals surface area contributed by atoms with Crippen LogP contribution in [-0.2, 0) is 0 Å². The Morgan fingerprint density at radius 3 is 2.63 bits per heavy atom. The average molecular weight is 247 g/mol. The van der Waals surface area contributed by atoms with Crippen molar-refractivity contribution < 1.29 is 0 Å². The molecule has 4 rings (SSSR count). The van der Waals surface area contributed by atoms with Crippen LogP contribution < -0.4 is 4.90 Å². The van der Waals surface area contributed by atoms with Crippen molar-refractivity contribution in [3.8, 4) is 0 Å². The number of fused-ring (bicyclic) bond motifs is 3. The highest BCUT2D eigenvalue weighted by atomic mass is 15.2. The van der Waals surface area contributed by atoms with Crippen LogP contribution >= 0.6 is 0 Å². The zero-order valence-electron chi connectivity index (χ0n) is 10.4. The van der Waals surface area contributed by atoms with Crippen LogP contribution in [-0.4, -0.2) is 17.9 Å². The number of aliphatic imine (C=N–C) groups is 1. The highest BCUT2D eigenvalue weighted by Crippen LogP contribution is 2.36. The van der Waals surface area contributed by atoms with Crippen LogP contribution in [0.4, 0.5) is 11.4 Å². The number of rotatable bonds is 1. The number of hydrogen-bond donors (Lipinski definition) is 1. The van der Waals surface area contributed by atoms with Crippen molar-refractivity contribution in [1.29, 1.82) is 0 Å². The molecule has 0 unspecified atom stereocenters. The van der Waals surface area contributed by atoms with Crippen LogP contribution in [0.3, 0.4) is 0 Å². The fourth-order valence-electron chi connectivity index (χ4n) is 2.64. The number of benzene rings is 2. The number of hydrogen-bond acceptors (Lipinski definition) is 2. The van der Waals surface area contributed by atoms with Crippen molar-refractivity contribution in [1.82, 2.24) is 4.98 Å². The van der Waals surface area contributed by atoms with Gasteiger partial charge in [-0.3, -0.25) is 4.99 Å². The zero-order chi connectivity index (χ0) is 12.7. The highest BCUT2D eigenvalue weighted by molar-refractivity contribution is 6.05. The number of aromatic nitrogens is 1. The monoisotopic (exact) mass is 247 g/mol. The summed E-state index contributed by atoms with van der Waals surface area (Å²) >= 11 is 0. The molecule has 0 saturated heterocycles. The Kier molecular flexibility index (Phi) is 2.18. The summed E-state index contributed by atoms with van der Waals surface area (Å²) in [5.74, 6) is 0. The molecule has 1 aromatic heterocycles. The molecule has 0 aliphatic carbocycles. The number of nitrogens with zero attached hydrogens (tertiary/aromatic N) is 2. The predicted octanol–water partition coefficient (Wildman–Crippen LogP) is 3.70. The second-order valence-corrected chi connectivity index (χ2v) is 4.65. The minimum absolute atomic E-state index is 0.666. The lowest BCUT2D eigenvalue weighted by Crippen LogP contribution is -2.21. The third kappa shape index (κ3) is 1.55. The largest absolute Gasteiger partial charge is 0.352 e. The molecule has 0 bridgehead atoms. The van der Waals surface area contributed by atoms with Gasteiger partial charge >= 0.3 is 0 Å². The topological polar surface area (TPSA) is 31.4 Å². The van der Waals surface area contributed by atoms with Crippen molar-refractivity contribution in [3.05, 3.63) is 60.3 Å². The molecule has 0 fully saturated rings. The van der Waals surface area contributed by atoms with E-state index in [1.807, 2.05) is 18.3 Å². The average Bonchev–Trinajstić information content (AvgIpc) is 2.86. The highest BCUT2D eigenvalue weighted by Gasteiger charge is 2.20. The van der Waals surface area contributed by atoms with Crippen LogP contribution in [0.15, 0.2) is 59.6 Å². The molecule has 0 spiro atoms. The molecule has 3 aromatic rings. The Balaban J connectivity index is 1.97. The lowest BCUT2D eigenvalue weighted by molar-refractivity contribution is 0.973. The SMILES string of the molecule is C1=NCN(c2ccccc2)c2c1[nH]c1ccccc21. The fourth-order valence-corrected chi connectivity index (χ4v) is 2.64. The Hall–Kier alpha value is -2.55. The minimum Gasteiger partial charge on any atom is -0.352 e. The molecule has 19 heavy (non-hydrogen) atoms.